The average molecular weight is 404 g/mol. The first-order chi connectivity index (χ1) is 9.80. The van der Waals surface area contributed by atoms with Crippen molar-refractivity contribution in [3.63, 3.8) is 0 Å². The molecule has 0 spiro atoms. The second-order valence-corrected chi connectivity index (χ2v) is 5.04. The van der Waals surface area contributed by atoms with Crippen LogP contribution in [-0.4, -0.2) is 24.5 Å². The molecular weight excluding hydrogens is 375 g/mol. The predicted molar refractivity (Wildman–Crippen MR) is 101 cm³/mol. The number of aliphatic imine (C=N–C) groups is 1. The molecule has 0 amide bonds. The molecular formula is C16H29IN4. The Balaban J connectivity index is 0.00000400. The van der Waals surface area contributed by atoms with Crippen molar-refractivity contribution < 1.29 is 0 Å². The molecule has 0 bridgehead atoms. The van der Waals surface area contributed by atoms with Crippen molar-refractivity contribution in [1.29, 1.82) is 0 Å². The number of pyridine rings is 1. The Morgan fingerprint density at radius 1 is 1.29 bits per heavy atom. The maximum atomic E-state index is 4.29. The maximum Gasteiger partial charge on any atom is 0.191 e. The van der Waals surface area contributed by atoms with Gasteiger partial charge in [-0.25, -0.2) is 0 Å². The lowest BCUT2D eigenvalue weighted by Gasteiger charge is -2.17. The highest BCUT2D eigenvalue weighted by Crippen LogP contribution is 2.10. The van der Waals surface area contributed by atoms with E-state index in [0.29, 0.717) is 6.54 Å². The number of hydrogen-bond acceptors (Lipinski definition) is 2. The van der Waals surface area contributed by atoms with Crippen LogP contribution in [0.1, 0.15) is 45.2 Å². The lowest BCUT2D eigenvalue weighted by molar-refractivity contribution is 0.443. The van der Waals surface area contributed by atoms with E-state index in [1.165, 1.54) is 25.7 Å². The van der Waals surface area contributed by atoms with E-state index in [4.69, 9.17) is 0 Å². The minimum atomic E-state index is 0. The molecule has 1 unspecified atom stereocenters. The molecule has 2 N–H and O–H groups in total. The highest BCUT2D eigenvalue weighted by atomic mass is 127. The largest absolute Gasteiger partial charge is 0.356 e. The summed E-state index contributed by atoms with van der Waals surface area (Å²) in [6.07, 6.45) is 6.88. The zero-order chi connectivity index (χ0) is 14.6. The standard InChI is InChI=1S/C16H28N4.HI/c1-4-6-9-14(5-2)12-19-16(17-3)20-13-15-10-7-8-11-18-15;/h7-8,10-11,14H,4-6,9,12-13H2,1-3H3,(H2,17,19,20);1H. The number of aromatic nitrogens is 1. The number of rotatable bonds is 8. The molecule has 0 fully saturated rings. The van der Waals surface area contributed by atoms with E-state index in [1.54, 1.807) is 7.05 Å². The van der Waals surface area contributed by atoms with Gasteiger partial charge in [-0.05, 0) is 24.5 Å². The fourth-order valence-corrected chi connectivity index (χ4v) is 2.08. The molecule has 4 nitrogen and oxygen atoms in total. The summed E-state index contributed by atoms with van der Waals surface area (Å²) >= 11 is 0. The molecule has 1 aromatic rings. The summed E-state index contributed by atoms with van der Waals surface area (Å²) in [6, 6.07) is 5.94. The highest BCUT2D eigenvalue weighted by Gasteiger charge is 2.07. The van der Waals surface area contributed by atoms with Crippen LogP contribution >= 0.6 is 24.0 Å². The smallest absolute Gasteiger partial charge is 0.191 e. The molecule has 21 heavy (non-hydrogen) atoms. The molecule has 0 aliphatic carbocycles. The van der Waals surface area contributed by atoms with E-state index >= 15 is 0 Å². The van der Waals surface area contributed by atoms with E-state index < -0.39 is 0 Å². The molecule has 0 radical (unpaired) electrons. The fraction of sp³-hybridized carbons (Fsp3) is 0.625. The first kappa shape index (κ1) is 20.1. The summed E-state index contributed by atoms with van der Waals surface area (Å²) < 4.78 is 0. The quantitative estimate of drug-likeness (QED) is 0.396. The fourth-order valence-electron chi connectivity index (χ4n) is 2.08. The van der Waals surface area contributed by atoms with Gasteiger partial charge in [0, 0.05) is 19.8 Å². The van der Waals surface area contributed by atoms with E-state index in [0.717, 1.165) is 24.1 Å². The number of guanidine groups is 1. The maximum absolute atomic E-state index is 4.29. The van der Waals surface area contributed by atoms with Gasteiger partial charge in [-0.1, -0.05) is 39.2 Å². The normalized spacial score (nSPS) is 12.4. The van der Waals surface area contributed by atoms with Crippen LogP contribution in [0.15, 0.2) is 29.4 Å². The van der Waals surface area contributed by atoms with Gasteiger partial charge < -0.3 is 10.6 Å². The molecule has 0 saturated carbocycles. The van der Waals surface area contributed by atoms with Gasteiger partial charge >= 0.3 is 0 Å². The summed E-state index contributed by atoms with van der Waals surface area (Å²) in [7, 11) is 1.81. The van der Waals surface area contributed by atoms with Gasteiger partial charge in [0.2, 0.25) is 0 Å². The Hall–Kier alpha value is -0.850. The van der Waals surface area contributed by atoms with Crippen LogP contribution in [0, 0.1) is 5.92 Å². The predicted octanol–water partition coefficient (Wildman–Crippen LogP) is 3.58. The van der Waals surface area contributed by atoms with E-state index in [9.17, 15) is 0 Å². The van der Waals surface area contributed by atoms with Crippen molar-refractivity contribution in [3.8, 4) is 0 Å². The van der Waals surface area contributed by atoms with E-state index in [1.807, 2.05) is 24.4 Å². The molecule has 1 aromatic heterocycles. The van der Waals surface area contributed by atoms with Gasteiger partial charge in [0.15, 0.2) is 5.96 Å². The Bertz CT molecular complexity index is 381. The van der Waals surface area contributed by atoms with Crippen molar-refractivity contribution in [2.24, 2.45) is 10.9 Å². The van der Waals surface area contributed by atoms with E-state index in [-0.39, 0.29) is 24.0 Å². The molecule has 1 rings (SSSR count). The van der Waals surface area contributed by atoms with Crippen molar-refractivity contribution in [2.45, 2.75) is 46.1 Å². The molecule has 0 saturated heterocycles. The number of unbranched alkanes of at least 4 members (excludes halogenated alkanes) is 1. The van der Waals surface area contributed by atoms with Crippen molar-refractivity contribution in [2.75, 3.05) is 13.6 Å². The average Bonchev–Trinajstić information content (AvgIpc) is 2.51. The van der Waals surface area contributed by atoms with Gasteiger partial charge in [0.1, 0.15) is 0 Å². The first-order valence-electron chi connectivity index (χ1n) is 7.64. The summed E-state index contributed by atoms with van der Waals surface area (Å²) in [6.45, 7) is 6.18. The highest BCUT2D eigenvalue weighted by molar-refractivity contribution is 14.0. The zero-order valence-electron chi connectivity index (χ0n) is 13.4. The SMILES string of the molecule is CCCCC(CC)CNC(=NC)NCc1ccccn1.I. The first-order valence-corrected chi connectivity index (χ1v) is 7.64. The minimum Gasteiger partial charge on any atom is -0.356 e. The third-order valence-corrected chi connectivity index (χ3v) is 3.49. The van der Waals surface area contributed by atoms with Crippen LogP contribution in [0.3, 0.4) is 0 Å². The summed E-state index contributed by atoms with van der Waals surface area (Å²) in [5, 5.41) is 6.71. The number of halogens is 1. The Morgan fingerprint density at radius 3 is 2.67 bits per heavy atom. The zero-order valence-corrected chi connectivity index (χ0v) is 15.8. The Morgan fingerprint density at radius 2 is 2.10 bits per heavy atom. The lowest BCUT2D eigenvalue weighted by Crippen LogP contribution is -2.39. The molecule has 0 aliphatic rings. The summed E-state index contributed by atoms with van der Waals surface area (Å²) in [4.78, 5) is 8.55. The van der Waals surface area contributed by atoms with E-state index in [2.05, 4.69) is 34.5 Å². The van der Waals surface area contributed by atoms with Gasteiger partial charge in [0.25, 0.3) is 0 Å². The van der Waals surface area contributed by atoms with Crippen LogP contribution in [0.5, 0.6) is 0 Å². The molecule has 0 aliphatic heterocycles. The molecule has 5 heteroatoms. The Labute approximate surface area is 146 Å². The lowest BCUT2D eigenvalue weighted by atomic mass is 9.99. The Kier molecular flexibility index (Phi) is 12.3. The third-order valence-electron chi connectivity index (χ3n) is 3.49. The summed E-state index contributed by atoms with van der Waals surface area (Å²) in [5.74, 6) is 1.58. The number of hydrogen-bond donors (Lipinski definition) is 2. The van der Waals surface area contributed by atoms with Crippen molar-refractivity contribution in [3.05, 3.63) is 30.1 Å². The van der Waals surface area contributed by atoms with Crippen LogP contribution in [0.2, 0.25) is 0 Å². The van der Waals surface area contributed by atoms with Crippen molar-refractivity contribution >= 4 is 29.9 Å². The van der Waals surface area contributed by atoms with Crippen LogP contribution in [-0.2, 0) is 6.54 Å². The monoisotopic (exact) mass is 404 g/mol. The van der Waals surface area contributed by atoms with Gasteiger partial charge in [-0.3, -0.25) is 9.98 Å². The third kappa shape index (κ3) is 8.90. The topological polar surface area (TPSA) is 49.3 Å². The van der Waals surface area contributed by atoms with Crippen molar-refractivity contribution in [1.82, 2.24) is 15.6 Å². The van der Waals surface area contributed by atoms with Crippen LogP contribution in [0.4, 0.5) is 0 Å². The molecule has 0 aromatic carbocycles. The molecule has 1 atom stereocenters. The minimum absolute atomic E-state index is 0. The summed E-state index contributed by atoms with van der Waals surface area (Å²) in [5.41, 5.74) is 1.02. The van der Waals surface area contributed by atoms with Crippen LogP contribution < -0.4 is 10.6 Å². The van der Waals surface area contributed by atoms with Gasteiger partial charge in [-0.15, -0.1) is 24.0 Å². The number of nitrogens with one attached hydrogen (secondary N) is 2. The second kappa shape index (κ2) is 12.9. The molecule has 120 valence electrons. The number of nitrogens with zero attached hydrogens (tertiary/aromatic N) is 2. The van der Waals surface area contributed by atoms with Gasteiger partial charge in [-0.2, -0.15) is 0 Å². The second-order valence-electron chi connectivity index (χ2n) is 5.04. The van der Waals surface area contributed by atoms with Gasteiger partial charge in [0.05, 0.1) is 12.2 Å². The van der Waals surface area contributed by atoms with Crippen LogP contribution in [0.25, 0.3) is 0 Å². The molecule has 1 heterocycles.